The van der Waals surface area contributed by atoms with Gasteiger partial charge in [-0.15, -0.1) is 0 Å². The summed E-state index contributed by atoms with van der Waals surface area (Å²) < 4.78 is 26.2. The van der Waals surface area contributed by atoms with E-state index in [1.165, 1.54) is 12.1 Å². The molecule has 0 amide bonds. The third-order valence-electron chi connectivity index (χ3n) is 3.52. The van der Waals surface area contributed by atoms with Crippen LogP contribution in [0.5, 0.6) is 0 Å². The van der Waals surface area contributed by atoms with Crippen molar-refractivity contribution in [1.82, 2.24) is 4.90 Å². The molecule has 18 heavy (non-hydrogen) atoms. The molecule has 2 nitrogen and oxygen atoms in total. The molecule has 1 fully saturated rings. The average Bonchev–Trinajstić information content (AvgIpc) is 2.88. The van der Waals surface area contributed by atoms with Gasteiger partial charge in [0.05, 0.1) is 0 Å². The molecule has 0 saturated carbocycles. The number of benzene rings is 1. The second kappa shape index (κ2) is 5.99. The average molecular weight is 272 g/mol. The van der Waals surface area contributed by atoms with Gasteiger partial charge >= 0.3 is 0 Å². The molecule has 2 N–H and O–H groups in total. The molecule has 1 aromatic carbocycles. The van der Waals surface area contributed by atoms with E-state index in [2.05, 4.69) is 4.90 Å². The molecule has 1 saturated heterocycles. The van der Waals surface area contributed by atoms with Crippen LogP contribution in [0.3, 0.4) is 0 Å². The van der Waals surface area contributed by atoms with Crippen LogP contribution in [0.2, 0.25) is 0 Å². The first-order valence-electron chi connectivity index (χ1n) is 6.08. The van der Waals surface area contributed by atoms with Gasteiger partial charge in [0.15, 0.2) is 11.6 Å². The van der Waals surface area contributed by atoms with Gasteiger partial charge in [0.2, 0.25) is 0 Å². The summed E-state index contributed by atoms with van der Waals surface area (Å²) in [6.45, 7) is 0.405. The van der Waals surface area contributed by atoms with Crippen molar-refractivity contribution in [2.75, 3.05) is 25.1 Å². The molecule has 1 aromatic rings. The minimum Gasteiger partial charge on any atom is -0.329 e. The van der Waals surface area contributed by atoms with E-state index in [1.54, 1.807) is 6.07 Å². The number of hydrogen-bond acceptors (Lipinski definition) is 3. The molecule has 0 spiro atoms. The Bertz CT molecular complexity index is 408. The molecule has 2 unspecified atom stereocenters. The first-order chi connectivity index (χ1) is 8.63. The van der Waals surface area contributed by atoms with E-state index in [1.807, 2.05) is 18.8 Å². The lowest BCUT2D eigenvalue weighted by atomic mass is 10.0. The van der Waals surface area contributed by atoms with Crippen LogP contribution in [0.25, 0.3) is 0 Å². The maximum absolute atomic E-state index is 13.3. The van der Waals surface area contributed by atoms with Gasteiger partial charge in [0.1, 0.15) is 0 Å². The van der Waals surface area contributed by atoms with Crippen LogP contribution in [0.1, 0.15) is 18.0 Å². The van der Waals surface area contributed by atoms with Crippen molar-refractivity contribution in [2.24, 2.45) is 5.73 Å². The normalized spacial score (nSPS) is 21.5. The standard InChI is InChI=1S/C13H18F2N2S/c1-17(10-4-5-18-8-10)13(7-16)9-2-3-11(14)12(15)6-9/h2-3,6,10,13H,4-5,7-8,16H2,1H3. The Morgan fingerprint density at radius 2 is 2.22 bits per heavy atom. The molecule has 5 heteroatoms. The van der Waals surface area contributed by atoms with Crippen molar-refractivity contribution in [1.29, 1.82) is 0 Å². The smallest absolute Gasteiger partial charge is 0.159 e. The van der Waals surface area contributed by atoms with E-state index < -0.39 is 11.6 Å². The SMILES string of the molecule is CN(C1CCSC1)C(CN)c1ccc(F)c(F)c1. The third kappa shape index (κ3) is 2.84. The second-order valence-corrected chi connectivity index (χ2v) is 5.76. The summed E-state index contributed by atoms with van der Waals surface area (Å²) in [4.78, 5) is 2.19. The van der Waals surface area contributed by atoms with E-state index in [0.717, 1.165) is 23.5 Å². The second-order valence-electron chi connectivity index (χ2n) is 4.61. The van der Waals surface area contributed by atoms with E-state index in [-0.39, 0.29) is 6.04 Å². The lowest BCUT2D eigenvalue weighted by Gasteiger charge is -2.32. The Labute approximate surface area is 111 Å². The van der Waals surface area contributed by atoms with Crippen LogP contribution >= 0.6 is 11.8 Å². The maximum Gasteiger partial charge on any atom is 0.159 e. The Kier molecular flexibility index (Phi) is 4.59. The zero-order valence-electron chi connectivity index (χ0n) is 10.4. The molecular weight excluding hydrogens is 254 g/mol. The minimum absolute atomic E-state index is 0.0520. The molecule has 0 aromatic heterocycles. The summed E-state index contributed by atoms with van der Waals surface area (Å²) >= 11 is 1.92. The first-order valence-corrected chi connectivity index (χ1v) is 7.23. The summed E-state index contributed by atoms with van der Waals surface area (Å²) in [5.41, 5.74) is 6.54. The zero-order chi connectivity index (χ0) is 13.1. The Hall–Kier alpha value is -0.650. The highest BCUT2D eigenvalue weighted by Crippen LogP contribution is 2.28. The summed E-state index contributed by atoms with van der Waals surface area (Å²) in [6.07, 6.45) is 1.13. The lowest BCUT2D eigenvalue weighted by Crippen LogP contribution is -2.38. The highest BCUT2D eigenvalue weighted by molar-refractivity contribution is 7.99. The van der Waals surface area contributed by atoms with E-state index in [9.17, 15) is 8.78 Å². The van der Waals surface area contributed by atoms with Gasteiger partial charge in [-0.3, -0.25) is 4.90 Å². The molecule has 1 aliphatic heterocycles. The highest BCUT2D eigenvalue weighted by Gasteiger charge is 2.26. The zero-order valence-corrected chi connectivity index (χ0v) is 11.2. The maximum atomic E-state index is 13.3. The third-order valence-corrected chi connectivity index (χ3v) is 4.67. The minimum atomic E-state index is -0.811. The van der Waals surface area contributed by atoms with Gasteiger partial charge in [-0.2, -0.15) is 11.8 Å². The fourth-order valence-electron chi connectivity index (χ4n) is 2.35. The van der Waals surface area contributed by atoms with Crippen LogP contribution < -0.4 is 5.73 Å². The van der Waals surface area contributed by atoms with Crippen molar-refractivity contribution in [3.8, 4) is 0 Å². The van der Waals surface area contributed by atoms with Gasteiger partial charge < -0.3 is 5.73 Å². The fraction of sp³-hybridized carbons (Fsp3) is 0.538. The number of nitrogens with zero attached hydrogens (tertiary/aromatic N) is 1. The molecule has 100 valence electrons. The topological polar surface area (TPSA) is 29.3 Å². The number of halogens is 2. The quantitative estimate of drug-likeness (QED) is 0.912. The Morgan fingerprint density at radius 1 is 1.44 bits per heavy atom. The van der Waals surface area contributed by atoms with Crippen LogP contribution in [0.15, 0.2) is 18.2 Å². The summed E-state index contributed by atoms with van der Waals surface area (Å²) in [5, 5.41) is 0. The van der Waals surface area contributed by atoms with Crippen LogP contribution in [-0.4, -0.2) is 36.0 Å². The van der Waals surface area contributed by atoms with Crippen LogP contribution in [0.4, 0.5) is 8.78 Å². The largest absolute Gasteiger partial charge is 0.329 e. The van der Waals surface area contributed by atoms with Gasteiger partial charge in [-0.25, -0.2) is 8.78 Å². The summed E-state index contributed by atoms with van der Waals surface area (Å²) in [6, 6.07) is 4.46. The number of rotatable bonds is 4. The molecule has 1 heterocycles. The van der Waals surface area contributed by atoms with E-state index in [0.29, 0.717) is 12.6 Å². The van der Waals surface area contributed by atoms with Crippen molar-refractivity contribution >= 4 is 11.8 Å². The van der Waals surface area contributed by atoms with Crippen LogP contribution in [0, 0.1) is 11.6 Å². The molecule has 1 aliphatic rings. The Balaban J connectivity index is 2.18. The highest BCUT2D eigenvalue weighted by atomic mass is 32.2. The number of hydrogen-bond donors (Lipinski definition) is 1. The fourth-order valence-corrected chi connectivity index (χ4v) is 3.63. The summed E-state index contributed by atoms with van der Waals surface area (Å²) in [5.74, 6) is 0.620. The van der Waals surface area contributed by atoms with Crippen molar-refractivity contribution < 1.29 is 8.78 Å². The summed E-state index contributed by atoms with van der Waals surface area (Å²) in [7, 11) is 2.01. The number of nitrogens with two attached hydrogens (primary N) is 1. The van der Waals surface area contributed by atoms with Crippen molar-refractivity contribution in [3.63, 3.8) is 0 Å². The molecule has 0 radical (unpaired) electrons. The predicted octanol–water partition coefficient (Wildman–Crippen LogP) is 2.40. The number of likely N-dealkylation sites (N-methyl/N-ethyl adjacent to an activating group) is 1. The molecule has 0 aliphatic carbocycles. The monoisotopic (exact) mass is 272 g/mol. The lowest BCUT2D eigenvalue weighted by molar-refractivity contribution is 0.192. The van der Waals surface area contributed by atoms with Gasteiger partial charge in [-0.05, 0) is 36.9 Å². The first kappa shape index (κ1) is 13.8. The van der Waals surface area contributed by atoms with Gasteiger partial charge in [0, 0.05) is 24.4 Å². The molecule has 2 rings (SSSR count). The number of thioether (sulfide) groups is 1. The Morgan fingerprint density at radius 3 is 2.78 bits per heavy atom. The van der Waals surface area contributed by atoms with Crippen molar-refractivity contribution in [2.45, 2.75) is 18.5 Å². The van der Waals surface area contributed by atoms with E-state index >= 15 is 0 Å². The predicted molar refractivity (Wildman–Crippen MR) is 71.6 cm³/mol. The van der Waals surface area contributed by atoms with E-state index in [4.69, 9.17) is 5.73 Å². The molecule has 2 atom stereocenters. The molecule has 0 bridgehead atoms. The van der Waals surface area contributed by atoms with Gasteiger partial charge in [-0.1, -0.05) is 6.07 Å². The van der Waals surface area contributed by atoms with Gasteiger partial charge in [0.25, 0.3) is 0 Å². The van der Waals surface area contributed by atoms with Crippen LogP contribution in [-0.2, 0) is 0 Å². The van der Waals surface area contributed by atoms with Crippen molar-refractivity contribution in [3.05, 3.63) is 35.4 Å². The molecular formula is C13H18F2N2S.